The van der Waals surface area contributed by atoms with Gasteiger partial charge in [-0.25, -0.2) is 9.37 Å². The molecule has 0 aliphatic heterocycles. The van der Waals surface area contributed by atoms with E-state index in [1.165, 1.54) is 12.1 Å². The first-order valence-corrected chi connectivity index (χ1v) is 5.13. The van der Waals surface area contributed by atoms with Crippen LogP contribution in [0.15, 0.2) is 28.7 Å². The normalized spacial score (nSPS) is 10.7. The van der Waals surface area contributed by atoms with Crippen molar-refractivity contribution in [2.75, 3.05) is 6.54 Å². The number of nitrogens with zero attached hydrogens (tertiary/aromatic N) is 1. The summed E-state index contributed by atoms with van der Waals surface area (Å²) in [5.41, 5.74) is 6.83. The molecule has 0 unspecified atom stereocenters. The molecule has 0 saturated carbocycles. The summed E-state index contributed by atoms with van der Waals surface area (Å²) in [5.74, 6) is 1.01. The second kappa shape index (κ2) is 4.45. The van der Waals surface area contributed by atoms with E-state index in [0.29, 0.717) is 30.3 Å². The smallest absolute Gasteiger partial charge is 0.196 e. The molecular weight excluding hydrogens is 207 g/mol. The third-order valence-electron chi connectivity index (χ3n) is 2.30. The van der Waals surface area contributed by atoms with Crippen LogP contribution in [0, 0.1) is 12.7 Å². The van der Waals surface area contributed by atoms with E-state index in [9.17, 15) is 4.39 Å². The Labute approximate surface area is 93.1 Å². The van der Waals surface area contributed by atoms with Crippen molar-refractivity contribution in [1.29, 1.82) is 0 Å². The van der Waals surface area contributed by atoms with Crippen molar-refractivity contribution in [3.05, 3.63) is 41.7 Å². The van der Waals surface area contributed by atoms with Crippen molar-refractivity contribution >= 4 is 0 Å². The van der Waals surface area contributed by atoms with Gasteiger partial charge in [0, 0.05) is 18.5 Å². The predicted octanol–water partition coefficient (Wildman–Crippen LogP) is 2.29. The topological polar surface area (TPSA) is 52.0 Å². The average molecular weight is 220 g/mol. The van der Waals surface area contributed by atoms with Crippen molar-refractivity contribution in [1.82, 2.24) is 4.98 Å². The Hall–Kier alpha value is -1.68. The Balaban J connectivity index is 2.40. The molecule has 0 atom stereocenters. The highest BCUT2D eigenvalue weighted by molar-refractivity contribution is 5.60. The van der Waals surface area contributed by atoms with Crippen molar-refractivity contribution in [3.8, 4) is 11.3 Å². The molecule has 0 saturated heterocycles. The maximum atomic E-state index is 13.1. The molecule has 1 aromatic heterocycles. The van der Waals surface area contributed by atoms with Gasteiger partial charge in [0.1, 0.15) is 17.3 Å². The maximum Gasteiger partial charge on any atom is 0.196 e. The van der Waals surface area contributed by atoms with Gasteiger partial charge < -0.3 is 10.2 Å². The molecule has 84 valence electrons. The van der Waals surface area contributed by atoms with Crippen LogP contribution >= 0.6 is 0 Å². The molecule has 0 radical (unpaired) electrons. The number of aryl methyl sites for hydroxylation is 1. The van der Waals surface area contributed by atoms with Crippen molar-refractivity contribution in [2.45, 2.75) is 13.3 Å². The molecule has 0 bridgehead atoms. The first kappa shape index (κ1) is 10.8. The van der Waals surface area contributed by atoms with E-state index in [1.807, 2.05) is 6.92 Å². The van der Waals surface area contributed by atoms with Gasteiger partial charge in [0.05, 0.1) is 0 Å². The zero-order valence-corrected chi connectivity index (χ0v) is 9.03. The first-order chi connectivity index (χ1) is 7.70. The molecule has 1 heterocycles. The van der Waals surface area contributed by atoms with E-state index in [2.05, 4.69) is 4.98 Å². The second-order valence-electron chi connectivity index (χ2n) is 3.56. The summed E-state index contributed by atoms with van der Waals surface area (Å²) in [7, 11) is 0. The number of hydrogen-bond acceptors (Lipinski definition) is 3. The molecular formula is C12H13FN2O. The first-order valence-electron chi connectivity index (χ1n) is 5.13. The van der Waals surface area contributed by atoms with E-state index >= 15 is 0 Å². The standard InChI is InChI=1S/C12H13FN2O/c1-8-12(15-11(16-8)5-6-14)9-3-2-4-10(13)7-9/h2-4,7H,5-6,14H2,1H3. The lowest BCUT2D eigenvalue weighted by atomic mass is 10.1. The van der Waals surface area contributed by atoms with E-state index in [4.69, 9.17) is 10.2 Å². The van der Waals surface area contributed by atoms with Crippen LogP contribution in [-0.4, -0.2) is 11.5 Å². The average Bonchev–Trinajstić information content (AvgIpc) is 2.60. The van der Waals surface area contributed by atoms with Gasteiger partial charge in [-0.05, 0) is 19.1 Å². The highest BCUT2D eigenvalue weighted by atomic mass is 19.1. The highest BCUT2D eigenvalue weighted by Gasteiger charge is 2.11. The molecule has 0 amide bonds. The molecule has 2 rings (SSSR count). The van der Waals surface area contributed by atoms with Gasteiger partial charge in [0.15, 0.2) is 5.89 Å². The Bertz CT molecular complexity index is 494. The van der Waals surface area contributed by atoms with Crippen LogP contribution in [0.4, 0.5) is 4.39 Å². The van der Waals surface area contributed by atoms with Crippen LogP contribution in [0.5, 0.6) is 0 Å². The Morgan fingerprint density at radius 3 is 2.94 bits per heavy atom. The summed E-state index contributed by atoms with van der Waals surface area (Å²) in [5, 5.41) is 0. The minimum Gasteiger partial charge on any atom is -0.445 e. The van der Waals surface area contributed by atoms with Crippen LogP contribution in [-0.2, 0) is 6.42 Å². The van der Waals surface area contributed by atoms with E-state index in [1.54, 1.807) is 12.1 Å². The molecule has 0 aliphatic carbocycles. The molecule has 16 heavy (non-hydrogen) atoms. The number of rotatable bonds is 3. The highest BCUT2D eigenvalue weighted by Crippen LogP contribution is 2.23. The fourth-order valence-electron chi connectivity index (χ4n) is 1.59. The van der Waals surface area contributed by atoms with Crippen molar-refractivity contribution in [2.24, 2.45) is 5.73 Å². The molecule has 4 heteroatoms. The zero-order valence-electron chi connectivity index (χ0n) is 9.03. The van der Waals surface area contributed by atoms with Crippen molar-refractivity contribution in [3.63, 3.8) is 0 Å². The number of benzene rings is 1. The van der Waals surface area contributed by atoms with Gasteiger partial charge >= 0.3 is 0 Å². The number of aromatic nitrogens is 1. The Kier molecular flexibility index (Phi) is 3.01. The SMILES string of the molecule is Cc1oc(CCN)nc1-c1cccc(F)c1. The molecule has 2 N–H and O–H groups in total. The summed E-state index contributed by atoms with van der Waals surface area (Å²) in [6, 6.07) is 6.30. The monoisotopic (exact) mass is 220 g/mol. The van der Waals surface area contributed by atoms with Gasteiger partial charge in [-0.3, -0.25) is 0 Å². The lowest BCUT2D eigenvalue weighted by Crippen LogP contribution is -2.02. The van der Waals surface area contributed by atoms with E-state index < -0.39 is 0 Å². The number of oxazole rings is 1. The number of hydrogen-bond donors (Lipinski definition) is 1. The third-order valence-corrected chi connectivity index (χ3v) is 2.30. The number of nitrogens with two attached hydrogens (primary N) is 1. The van der Waals surface area contributed by atoms with Gasteiger partial charge in [0.25, 0.3) is 0 Å². The lowest BCUT2D eigenvalue weighted by molar-refractivity contribution is 0.473. The van der Waals surface area contributed by atoms with E-state index in [0.717, 1.165) is 5.56 Å². The number of halogens is 1. The zero-order chi connectivity index (χ0) is 11.5. The van der Waals surface area contributed by atoms with Gasteiger partial charge in [0.2, 0.25) is 0 Å². The summed E-state index contributed by atoms with van der Waals surface area (Å²) in [6.45, 7) is 2.30. The fraction of sp³-hybridized carbons (Fsp3) is 0.250. The minimum atomic E-state index is -0.278. The van der Waals surface area contributed by atoms with Crippen LogP contribution in [0.2, 0.25) is 0 Å². The molecule has 0 spiro atoms. The second-order valence-corrected chi connectivity index (χ2v) is 3.56. The van der Waals surface area contributed by atoms with E-state index in [-0.39, 0.29) is 5.82 Å². The van der Waals surface area contributed by atoms with Gasteiger partial charge in [-0.15, -0.1) is 0 Å². The molecule has 1 aromatic carbocycles. The molecule has 3 nitrogen and oxygen atoms in total. The third kappa shape index (κ3) is 2.12. The van der Waals surface area contributed by atoms with Gasteiger partial charge in [-0.2, -0.15) is 0 Å². The quantitative estimate of drug-likeness (QED) is 0.863. The van der Waals surface area contributed by atoms with Crippen LogP contribution < -0.4 is 5.73 Å². The van der Waals surface area contributed by atoms with Crippen molar-refractivity contribution < 1.29 is 8.81 Å². The van der Waals surface area contributed by atoms with Crippen LogP contribution in [0.1, 0.15) is 11.7 Å². The summed E-state index contributed by atoms with van der Waals surface area (Å²) >= 11 is 0. The van der Waals surface area contributed by atoms with Crippen LogP contribution in [0.3, 0.4) is 0 Å². The Morgan fingerprint density at radius 2 is 2.25 bits per heavy atom. The summed E-state index contributed by atoms with van der Waals surface area (Å²) in [4.78, 5) is 4.30. The Morgan fingerprint density at radius 1 is 1.44 bits per heavy atom. The molecule has 2 aromatic rings. The maximum absolute atomic E-state index is 13.1. The molecule has 0 fully saturated rings. The summed E-state index contributed by atoms with van der Waals surface area (Å²) < 4.78 is 18.5. The largest absolute Gasteiger partial charge is 0.445 e. The van der Waals surface area contributed by atoms with Gasteiger partial charge in [-0.1, -0.05) is 12.1 Å². The molecule has 0 aliphatic rings. The lowest BCUT2D eigenvalue weighted by Gasteiger charge is -1.96. The van der Waals surface area contributed by atoms with Crippen LogP contribution in [0.25, 0.3) is 11.3 Å². The fourth-order valence-corrected chi connectivity index (χ4v) is 1.59. The summed E-state index contributed by atoms with van der Waals surface area (Å²) in [6.07, 6.45) is 0.593. The minimum absolute atomic E-state index is 0.278. The predicted molar refractivity (Wildman–Crippen MR) is 59.4 cm³/mol.